The Balaban J connectivity index is 1.31. The minimum Gasteiger partial charge on any atom is -0.496 e. The van der Waals surface area contributed by atoms with E-state index in [0.29, 0.717) is 17.7 Å². The quantitative estimate of drug-likeness (QED) is 0.602. The zero-order chi connectivity index (χ0) is 22.5. The third-order valence-corrected chi connectivity index (χ3v) is 6.90. The molecule has 1 aliphatic carbocycles. The number of hydrogen-bond donors (Lipinski definition) is 3. The number of rotatable bonds is 7. The van der Waals surface area contributed by atoms with E-state index in [4.69, 9.17) is 4.74 Å². The molecule has 32 heavy (non-hydrogen) atoms. The molecule has 0 radical (unpaired) electrons. The van der Waals surface area contributed by atoms with Crippen LogP contribution in [0.3, 0.4) is 0 Å². The van der Waals surface area contributed by atoms with E-state index >= 15 is 0 Å². The summed E-state index contributed by atoms with van der Waals surface area (Å²) >= 11 is 0. The molecular weight excluding hydrogens is 405 g/mol. The summed E-state index contributed by atoms with van der Waals surface area (Å²) in [4.78, 5) is 12.6. The van der Waals surface area contributed by atoms with E-state index in [0.717, 1.165) is 56.3 Å². The molecule has 6 heteroatoms. The van der Waals surface area contributed by atoms with Crippen LogP contribution >= 0.6 is 0 Å². The molecule has 1 amide bonds. The normalized spacial score (nSPS) is 22.5. The molecule has 0 spiro atoms. The van der Waals surface area contributed by atoms with E-state index in [-0.39, 0.29) is 23.8 Å². The first-order valence-electron chi connectivity index (χ1n) is 11.7. The Hall–Kier alpha value is -2.44. The molecule has 2 aromatic rings. The van der Waals surface area contributed by atoms with Crippen LogP contribution in [0.5, 0.6) is 5.75 Å². The molecule has 1 saturated heterocycles. The predicted molar refractivity (Wildman–Crippen MR) is 125 cm³/mol. The monoisotopic (exact) mass is 439 g/mol. The number of ether oxygens (including phenoxy) is 1. The predicted octanol–water partition coefficient (Wildman–Crippen LogP) is 4.30. The van der Waals surface area contributed by atoms with E-state index in [1.807, 2.05) is 12.1 Å². The van der Waals surface area contributed by atoms with E-state index in [2.05, 4.69) is 35.0 Å². The maximum Gasteiger partial charge on any atom is 0.251 e. The van der Waals surface area contributed by atoms with Crippen molar-refractivity contribution in [1.82, 2.24) is 16.0 Å². The Labute approximate surface area is 190 Å². The van der Waals surface area contributed by atoms with Crippen molar-refractivity contribution in [1.29, 1.82) is 0 Å². The largest absolute Gasteiger partial charge is 0.496 e. The lowest BCUT2D eigenvalue weighted by atomic mass is 9.96. The van der Waals surface area contributed by atoms with Crippen LogP contribution in [0.2, 0.25) is 0 Å². The van der Waals surface area contributed by atoms with E-state index in [9.17, 15) is 9.18 Å². The highest BCUT2D eigenvalue weighted by atomic mass is 19.1. The molecule has 0 aromatic heterocycles. The molecule has 3 atom stereocenters. The van der Waals surface area contributed by atoms with Gasteiger partial charge in [-0.3, -0.25) is 4.79 Å². The average Bonchev–Trinajstić information content (AvgIpc) is 3.28. The molecule has 1 unspecified atom stereocenters. The fourth-order valence-corrected chi connectivity index (χ4v) is 5.06. The summed E-state index contributed by atoms with van der Waals surface area (Å²) in [7, 11) is 1.58. The van der Waals surface area contributed by atoms with Gasteiger partial charge in [0.15, 0.2) is 0 Å². The Morgan fingerprint density at radius 2 is 1.81 bits per heavy atom. The molecule has 0 bridgehead atoms. The van der Waals surface area contributed by atoms with Gasteiger partial charge in [0, 0.05) is 35.3 Å². The minimum atomic E-state index is -0.286. The molecule has 4 rings (SSSR count). The maximum absolute atomic E-state index is 13.5. The van der Waals surface area contributed by atoms with Crippen LogP contribution in [-0.2, 0) is 0 Å². The topological polar surface area (TPSA) is 62.4 Å². The number of carbonyl (C=O) groups excluding carboxylic acids is 1. The Morgan fingerprint density at radius 3 is 2.53 bits per heavy atom. The number of nitrogens with one attached hydrogen (secondary N) is 3. The highest BCUT2D eigenvalue weighted by Crippen LogP contribution is 2.36. The number of halogens is 1. The Bertz CT molecular complexity index is 912. The van der Waals surface area contributed by atoms with Crippen molar-refractivity contribution in [2.75, 3.05) is 20.2 Å². The highest BCUT2D eigenvalue weighted by Gasteiger charge is 2.28. The van der Waals surface area contributed by atoms with Gasteiger partial charge in [-0.05, 0) is 81.8 Å². The van der Waals surface area contributed by atoms with Gasteiger partial charge in [-0.25, -0.2) is 4.39 Å². The Morgan fingerprint density at radius 1 is 1.06 bits per heavy atom. The second-order valence-corrected chi connectivity index (χ2v) is 9.10. The summed E-state index contributed by atoms with van der Waals surface area (Å²) in [6.07, 6.45) is 5.24. The van der Waals surface area contributed by atoms with Crippen molar-refractivity contribution >= 4 is 5.91 Å². The highest BCUT2D eigenvalue weighted by molar-refractivity contribution is 5.94. The lowest BCUT2D eigenvalue weighted by Gasteiger charge is -2.23. The molecule has 1 heterocycles. The number of piperidine rings is 1. The fourth-order valence-electron chi connectivity index (χ4n) is 5.06. The van der Waals surface area contributed by atoms with Gasteiger partial charge in [0.05, 0.1) is 7.11 Å². The van der Waals surface area contributed by atoms with Crippen molar-refractivity contribution < 1.29 is 13.9 Å². The van der Waals surface area contributed by atoms with Crippen molar-refractivity contribution in [3.63, 3.8) is 0 Å². The average molecular weight is 440 g/mol. The van der Waals surface area contributed by atoms with Gasteiger partial charge in [0.25, 0.3) is 5.91 Å². The van der Waals surface area contributed by atoms with E-state index in [1.165, 1.54) is 17.7 Å². The van der Waals surface area contributed by atoms with Gasteiger partial charge in [-0.15, -0.1) is 0 Å². The Kier molecular flexibility index (Phi) is 7.43. The van der Waals surface area contributed by atoms with Crippen LogP contribution in [0.1, 0.15) is 72.5 Å². The van der Waals surface area contributed by atoms with Crippen molar-refractivity contribution in [2.45, 2.75) is 63.1 Å². The number of benzene rings is 2. The molecule has 5 nitrogen and oxygen atoms in total. The van der Waals surface area contributed by atoms with E-state index in [1.54, 1.807) is 13.2 Å². The lowest BCUT2D eigenvalue weighted by Crippen LogP contribution is -2.42. The first kappa shape index (κ1) is 22.7. The smallest absolute Gasteiger partial charge is 0.251 e. The molecular formula is C26H34FN3O2. The summed E-state index contributed by atoms with van der Waals surface area (Å²) in [6, 6.07) is 13.6. The van der Waals surface area contributed by atoms with Gasteiger partial charge in [0.2, 0.25) is 0 Å². The lowest BCUT2D eigenvalue weighted by molar-refractivity contribution is 0.0929. The SMILES string of the molecule is COc1cc(F)ccc1[C@H](C)NC1CC[C@H](c2ccc(C(=O)NC3CCNCC3)cc2)C1. The van der Waals surface area contributed by atoms with Crippen LogP contribution in [0, 0.1) is 5.82 Å². The van der Waals surface area contributed by atoms with Crippen LogP contribution < -0.4 is 20.7 Å². The van der Waals surface area contributed by atoms with Gasteiger partial charge in [-0.1, -0.05) is 18.2 Å². The van der Waals surface area contributed by atoms with E-state index < -0.39 is 0 Å². The third-order valence-electron chi connectivity index (χ3n) is 6.90. The number of methoxy groups -OCH3 is 1. The summed E-state index contributed by atoms with van der Waals surface area (Å²) in [6.45, 7) is 4.03. The standard InChI is InChI=1S/C26H34FN3O2/c1-17(24-10-8-21(27)16-25(24)32-2)29-23-9-7-20(15-23)18-3-5-19(6-4-18)26(31)30-22-11-13-28-14-12-22/h3-6,8,10,16-17,20,22-23,28-29H,7,9,11-15H2,1-2H3,(H,30,31)/t17-,20-,23?/m0/s1. The first-order valence-corrected chi connectivity index (χ1v) is 11.7. The molecule has 3 N–H and O–H groups in total. The van der Waals surface area contributed by atoms with Crippen LogP contribution in [-0.4, -0.2) is 38.2 Å². The van der Waals surface area contributed by atoms with Crippen LogP contribution in [0.15, 0.2) is 42.5 Å². The second-order valence-electron chi connectivity index (χ2n) is 9.10. The second kappa shape index (κ2) is 10.5. The van der Waals surface area contributed by atoms with Gasteiger partial charge >= 0.3 is 0 Å². The minimum absolute atomic E-state index is 0.0245. The summed E-state index contributed by atoms with van der Waals surface area (Å²) < 4.78 is 18.9. The number of hydrogen-bond acceptors (Lipinski definition) is 4. The molecule has 1 aliphatic heterocycles. The molecule has 2 aromatic carbocycles. The molecule has 2 aliphatic rings. The van der Waals surface area contributed by atoms with Crippen molar-refractivity contribution in [3.8, 4) is 5.75 Å². The molecule has 1 saturated carbocycles. The van der Waals surface area contributed by atoms with Crippen LogP contribution in [0.4, 0.5) is 4.39 Å². The van der Waals surface area contributed by atoms with Gasteiger partial charge in [-0.2, -0.15) is 0 Å². The van der Waals surface area contributed by atoms with Gasteiger partial charge < -0.3 is 20.7 Å². The summed E-state index contributed by atoms with van der Waals surface area (Å²) in [5.74, 6) is 0.803. The molecule has 172 valence electrons. The third kappa shape index (κ3) is 5.48. The van der Waals surface area contributed by atoms with Gasteiger partial charge in [0.1, 0.15) is 11.6 Å². The van der Waals surface area contributed by atoms with Crippen LogP contribution in [0.25, 0.3) is 0 Å². The summed E-state index contributed by atoms with van der Waals surface area (Å²) in [5, 5.41) is 10.2. The maximum atomic E-state index is 13.5. The number of carbonyl (C=O) groups is 1. The zero-order valence-corrected chi connectivity index (χ0v) is 19.0. The number of amides is 1. The fraction of sp³-hybridized carbons (Fsp3) is 0.500. The van der Waals surface area contributed by atoms with Crippen molar-refractivity contribution in [3.05, 3.63) is 65.0 Å². The first-order chi connectivity index (χ1) is 15.5. The zero-order valence-electron chi connectivity index (χ0n) is 19.0. The summed E-state index contributed by atoms with van der Waals surface area (Å²) in [5.41, 5.74) is 3.00. The molecule has 2 fully saturated rings. The van der Waals surface area contributed by atoms with Crippen molar-refractivity contribution in [2.24, 2.45) is 0 Å².